The van der Waals surface area contributed by atoms with Gasteiger partial charge in [0, 0.05) is 0 Å². The summed E-state index contributed by atoms with van der Waals surface area (Å²) in [7, 11) is 0. The van der Waals surface area contributed by atoms with Gasteiger partial charge in [0.25, 0.3) is 0 Å². The monoisotopic (exact) mass is 179 g/mol. The van der Waals surface area contributed by atoms with Gasteiger partial charge in [-0.3, -0.25) is 0 Å². The molecule has 0 bridgehead atoms. The third-order valence-electron chi connectivity index (χ3n) is 1.69. The summed E-state index contributed by atoms with van der Waals surface area (Å²) in [5.74, 6) is -0.341. The van der Waals surface area contributed by atoms with Crippen LogP contribution in [-0.2, 0) is 9.53 Å². The van der Waals surface area contributed by atoms with Crippen LogP contribution >= 0.6 is 0 Å². The predicted octanol–water partition coefficient (Wildman–Crippen LogP) is 0.929. The van der Waals surface area contributed by atoms with Gasteiger partial charge in [0.05, 0.1) is 18.2 Å². The quantitative estimate of drug-likeness (QED) is 0.641. The Morgan fingerprint density at radius 1 is 1.54 bits per heavy atom. The predicted molar refractivity (Wildman–Crippen MR) is 51.0 cm³/mol. The molecule has 13 heavy (non-hydrogen) atoms. The zero-order valence-electron chi connectivity index (χ0n) is 7.57. The van der Waals surface area contributed by atoms with Gasteiger partial charge >= 0.3 is 5.97 Å². The number of esters is 1. The van der Waals surface area contributed by atoms with Crippen LogP contribution in [-0.4, -0.2) is 18.6 Å². The molecule has 0 aromatic heterocycles. The molecule has 0 spiro atoms. The second-order valence-electron chi connectivity index (χ2n) is 2.64. The molecule has 0 fully saturated rings. The minimum atomic E-state index is -0.367. The minimum absolute atomic E-state index is 0.341. The zero-order chi connectivity index (χ0) is 9.68. The number of ether oxygens (including phenoxy) is 1. The van der Waals surface area contributed by atoms with E-state index in [0.29, 0.717) is 12.2 Å². The number of carbonyl (C=O) groups is 1. The van der Waals surface area contributed by atoms with Crippen molar-refractivity contribution in [2.75, 3.05) is 6.61 Å². The van der Waals surface area contributed by atoms with E-state index in [1.807, 2.05) is 12.2 Å². The minimum Gasteiger partial charge on any atom is -0.463 e. The highest BCUT2D eigenvalue weighted by atomic mass is 16.5. The molecule has 0 amide bonds. The standard InChI is InChI=1S/C10H13NO2/c1-2-13-10(12)8-6-4-3-5-7-9(8)11/h3-7,9H,2,11H2,1H3. The molecule has 0 heterocycles. The molecule has 0 saturated carbocycles. The van der Waals surface area contributed by atoms with E-state index in [2.05, 4.69) is 0 Å². The summed E-state index contributed by atoms with van der Waals surface area (Å²) in [6.07, 6.45) is 8.85. The molecular formula is C10H13NO2. The van der Waals surface area contributed by atoms with Crippen molar-refractivity contribution in [1.29, 1.82) is 0 Å². The summed E-state index contributed by atoms with van der Waals surface area (Å²) >= 11 is 0. The maximum absolute atomic E-state index is 11.3. The average Bonchev–Trinajstić information content (AvgIpc) is 2.30. The fourth-order valence-corrected chi connectivity index (χ4v) is 1.04. The average molecular weight is 179 g/mol. The van der Waals surface area contributed by atoms with Crippen LogP contribution in [0.3, 0.4) is 0 Å². The second-order valence-corrected chi connectivity index (χ2v) is 2.64. The highest BCUT2D eigenvalue weighted by Gasteiger charge is 2.15. The molecular weight excluding hydrogens is 166 g/mol. The number of rotatable bonds is 2. The summed E-state index contributed by atoms with van der Waals surface area (Å²) in [6, 6.07) is -0.367. The molecule has 0 aromatic rings. The summed E-state index contributed by atoms with van der Waals surface area (Å²) in [4.78, 5) is 11.3. The van der Waals surface area contributed by atoms with Gasteiger partial charge in [-0.2, -0.15) is 0 Å². The van der Waals surface area contributed by atoms with Crippen LogP contribution in [0.15, 0.2) is 36.0 Å². The van der Waals surface area contributed by atoms with E-state index in [0.717, 1.165) is 0 Å². The normalized spacial score (nSPS) is 20.8. The number of nitrogens with two attached hydrogens (primary N) is 1. The fourth-order valence-electron chi connectivity index (χ4n) is 1.04. The number of allylic oxidation sites excluding steroid dienone is 4. The van der Waals surface area contributed by atoms with Crippen LogP contribution in [0.25, 0.3) is 0 Å². The van der Waals surface area contributed by atoms with Crippen LogP contribution in [0.1, 0.15) is 6.92 Å². The van der Waals surface area contributed by atoms with Gasteiger partial charge in [-0.05, 0) is 13.0 Å². The van der Waals surface area contributed by atoms with Crippen molar-refractivity contribution >= 4 is 5.97 Å². The molecule has 1 unspecified atom stereocenters. The van der Waals surface area contributed by atoms with E-state index in [1.165, 1.54) is 0 Å². The van der Waals surface area contributed by atoms with Crippen molar-refractivity contribution < 1.29 is 9.53 Å². The Bertz CT molecular complexity index is 277. The molecule has 0 radical (unpaired) electrons. The second kappa shape index (κ2) is 4.62. The molecule has 70 valence electrons. The fraction of sp³-hybridized carbons (Fsp3) is 0.300. The Morgan fingerprint density at radius 3 is 3.00 bits per heavy atom. The summed E-state index contributed by atoms with van der Waals surface area (Å²) in [5.41, 5.74) is 6.21. The Morgan fingerprint density at radius 2 is 2.31 bits per heavy atom. The number of carbonyl (C=O) groups excluding carboxylic acids is 1. The zero-order valence-corrected chi connectivity index (χ0v) is 7.57. The Kier molecular flexibility index (Phi) is 3.46. The maximum atomic E-state index is 11.3. The smallest absolute Gasteiger partial charge is 0.335 e. The van der Waals surface area contributed by atoms with Gasteiger partial charge < -0.3 is 10.5 Å². The van der Waals surface area contributed by atoms with Crippen molar-refractivity contribution in [1.82, 2.24) is 0 Å². The van der Waals surface area contributed by atoms with Gasteiger partial charge in [-0.15, -0.1) is 0 Å². The molecule has 0 saturated heterocycles. The molecule has 1 aliphatic rings. The van der Waals surface area contributed by atoms with Gasteiger partial charge in [0.2, 0.25) is 0 Å². The van der Waals surface area contributed by atoms with Crippen LogP contribution in [0.2, 0.25) is 0 Å². The van der Waals surface area contributed by atoms with E-state index in [9.17, 15) is 4.79 Å². The maximum Gasteiger partial charge on any atom is 0.335 e. The first-order chi connectivity index (χ1) is 6.25. The number of hydrogen-bond donors (Lipinski definition) is 1. The first-order valence-corrected chi connectivity index (χ1v) is 4.23. The Balaban J connectivity index is 2.77. The molecule has 3 nitrogen and oxygen atoms in total. The van der Waals surface area contributed by atoms with Gasteiger partial charge in [0.15, 0.2) is 0 Å². The van der Waals surface area contributed by atoms with E-state index in [1.54, 1.807) is 25.2 Å². The molecule has 1 atom stereocenters. The van der Waals surface area contributed by atoms with Gasteiger partial charge in [-0.1, -0.05) is 24.3 Å². The lowest BCUT2D eigenvalue weighted by molar-refractivity contribution is -0.138. The van der Waals surface area contributed by atoms with Crippen molar-refractivity contribution in [3.8, 4) is 0 Å². The van der Waals surface area contributed by atoms with Gasteiger partial charge in [0.1, 0.15) is 0 Å². The summed E-state index contributed by atoms with van der Waals surface area (Å²) < 4.78 is 4.85. The molecule has 1 aliphatic carbocycles. The molecule has 2 N–H and O–H groups in total. The number of hydrogen-bond acceptors (Lipinski definition) is 3. The first-order valence-electron chi connectivity index (χ1n) is 4.23. The van der Waals surface area contributed by atoms with Gasteiger partial charge in [-0.25, -0.2) is 4.79 Å². The molecule has 3 heteroatoms. The van der Waals surface area contributed by atoms with Crippen LogP contribution in [0.5, 0.6) is 0 Å². The lowest BCUT2D eigenvalue weighted by Gasteiger charge is -2.09. The lowest BCUT2D eigenvalue weighted by Crippen LogP contribution is -2.26. The molecule has 1 rings (SSSR count). The topological polar surface area (TPSA) is 52.3 Å². The van der Waals surface area contributed by atoms with E-state index >= 15 is 0 Å². The van der Waals surface area contributed by atoms with E-state index in [4.69, 9.17) is 10.5 Å². The van der Waals surface area contributed by atoms with Crippen molar-refractivity contribution in [2.24, 2.45) is 5.73 Å². The Labute approximate surface area is 77.6 Å². The lowest BCUT2D eigenvalue weighted by atomic mass is 10.1. The summed E-state index contributed by atoms with van der Waals surface area (Å²) in [5, 5.41) is 0. The third kappa shape index (κ3) is 2.56. The van der Waals surface area contributed by atoms with Crippen LogP contribution < -0.4 is 5.73 Å². The Hall–Kier alpha value is -1.35. The van der Waals surface area contributed by atoms with Crippen LogP contribution in [0.4, 0.5) is 0 Å². The highest BCUT2D eigenvalue weighted by Crippen LogP contribution is 2.08. The largest absolute Gasteiger partial charge is 0.463 e. The summed E-state index contributed by atoms with van der Waals surface area (Å²) in [6.45, 7) is 2.14. The highest BCUT2D eigenvalue weighted by molar-refractivity contribution is 5.90. The molecule has 0 aromatic carbocycles. The van der Waals surface area contributed by atoms with E-state index < -0.39 is 0 Å². The molecule has 0 aliphatic heterocycles. The van der Waals surface area contributed by atoms with Crippen molar-refractivity contribution in [2.45, 2.75) is 13.0 Å². The van der Waals surface area contributed by atoms with Crippen molar-refractivity contribution in [3.63, 3.8) is 0 Å². The van der Waals surface area contributed by atoms with Crippen LogP contribution in [0, 0.1) is 0 Å². The first kappa shape index (κ1) is 9.74. The van der Waals surface area contributed by atoms with Crippen molar-refractivity contribution in [3.05, 3.63) is 36.0 Å². The third-order valence-corrected chi connectivity index (χ3v) is 1.69. The SMILES string of the molecule is CCOC(=O)C1=CC=CC=CC1N. The van der Waals surface area contributed by atoms with E-state index in [-0.39, 0.29) is 12.0 Å².